The summed E-state index contributed by atoms with van der Waals surface area (Å²) in [5, 5.41) is 0. The van der Waals surface area contributed by atoms with Crippen molar-refractivity contribution in [1.82, 2.24) is 4.57 Å². The highest BCUT2D eigenvalue weighted by Gasteiger charge is 2.33. The van der Waals surface area contributed by atoms with Crippen LogP contribution >= 0.6 is 11.3 Å². The van der Waals surface area contributed by atoms with Gasteiger partial charge in [-0.2, -0.15) is 0 Å². The van der Waals surface area contributed by atoms with Crippen molar-refractivity contribution in [3.8, 4) is 11.5 Å². The lowest BCUT2D eigenvalue weighted by molar-refractivity contribution is -0.139. The topological polar surface area (TPSA) is 96.2 Å². The fourth-order valence-corrected chi connectivity index (χ4v) is 5.18. The molecule has 0 spiro atoms. The number of carbonyl (C=O) groups excluding carboxylic acids is 2. The van der Waals surface area contributed by atoms with Gasteiger partial charge >= 0.3 is 11.9 Å². The highest BCUT2D eigenvalue weighted by atomic mass is 32.1. The minimum absolute atomic E-state index is 0.214. The Hall–Kier alpha value is -3.98. The zero-order valence-corrected chi connectivity index (χ0v) is 22.2. The van der Waals surface area contributed by atoms with Gasteiger partial charge in [0.2, 0.25) is 0 Å². The van der Waals surface area contributed by atoms with Crippen LogP contribution in [0.15, 0.2) is 63.5 Å². The van der Waals surface area contributed by atoms with Crippen LogP contribution in [0.1, 0.15) is 50.4 Å². The first kappa shape index (κ1) is 26.1. The van der Waals surface area contributed by atoms with E-state index >= 15 is 0 Å². The second-order valence-corrected chi connectivity index (χ2v) is 9.45. The van der Waals surface area contributed by atoms with Gasteiger partial charge in [-0.3, -0.25) is 14.2 Å². The molecule has 37 heavy (non-hydrogen) atoms. The largest absolute Gasteiger partial charge is 0.490 e. The molecule has 1 aromatic heterocycles. The number of aryl methyl sites for hydroxylation is 1. The summed E-state index contributed by atoms with van der Waals surface area (Å²) in [5.74, 6) is -0.240. The van der Waals surface area contributed by atoms with Crippen molar-refractivity contribution in [1.29, 1.82) is 0 Å². The number of ether oxygens (including phenoxy) is 3. The third-order valence-corrected chi connectivity index (χ3v) is 6.71. The van der Waals surface area contributed by atoms with E-state index in [4.69, 9.17) is 14.2 Å². The van der Waals surface area contributed by atoms with Crippen molar-refractivity contribution in [2.75, 3.05) is 13.2 Å². The normalized spacial score (nSPS) is 15.2. The van der Waals surface area contributed by atoms with Gasteiger partial charge in [0.25, 0.3) is 5.56 Å². The summed E-state index contributed by atoms with van der Waals surface area (Å²) < 4.78 is 18.2. The van der Waals surface area contributed by atoms with Gasteiger partial charge in [0.1, 0.15) is 0 Å². The van der Waals surface area contributed by atoms with Crippen molar-refractivity contribution < 1.29 is 23.8 Å². The molecule has 1 aliphatic rings. The molecule has 9 heteroatoms. The lowest BCUT2D eigenvalue weighted by Crippen LogP contribution is -2.39. The molecule has 1 atom stereocenters. The number of hydrogen-bond donors (Lipinski definition) is 0. The third kappa shape index (κ3) is 5.41. The number of carbonyl (C=O) groups is 2. The van der Waals surface area contributed by atoms with Gasteiger partial charge in [-0.1, -0.05) is 47.2 Å². The Bertz CT molecular complexity index is 1560. The van der Waals surface area contributed by atoms with Crippen LogP contribution in [0, 0.1) is 6.92 Å². The molecule has 0 saturated heterocycles. The van der Waals surface area contributed by atoms with Gasteiger partial charge in [-0.15, -0.1) is 0 Å². The van der Waals surface area contributed by atoms with Crippen LogP contribution in [0.2, 0.25) is 0 Å². The van der Waals surface area contributed by atoms with Gasteiger partial charge in [0.05, 0.1) is 35.1 Å². The van der Waals surface area contributed by atoms with Crippen LogP contribution in [0.5, 0.6) is 11.5 Å². The maximum atomic E-state index is 13.7. The fraction of sp³-hybridized carbons (Fsp3) is 0.286. The molecule has 2 heterocycles. The van der Waals surface area contributed by atoms with E-state index in [1.807, 2.05) is 38.1 Å². The number of esters is 2. The number of hydrogen-bond acceptors (Lipinski definition) is 8. The molecular formula is C28H28N2O6S. The van der Waals surface area contributed by atoms with E-state index in [1.165, 1.54) is 18.3 Å². The van der Waals surface area contributed by atoms with Crippen LogP contribution < -0.4 is 24.4 Å². The van der Waals surface area contributed by atoms with E-state index in [2.05, 4.69) is 4.99 Å². The first-order chi connectivity index (χ1) is 17.7. The Labute approximate surface area is 218 Å². The van der Waals surface area contributed by atoms with Crippen molar-refractivity contribution >= 4 is 29.4 Å². The van der Waals surface area contributed by atoms with Gasteiger partial charge in [-0.25, -0.2) is 9.79 Å². The highest BCUT2D eigenvalue weighted by Crippen LogP contribution is 2.31. The highest BCUT2D eigenvalue weighted by molar-refractivity contribution is 7.07. The minimum Gasteiger partial charge on any atom is -0.490 e. The molecular weight excluding hydrogens is 492 g/mol. The van der Waals surface area contributed by atoms with E-state index < -0.39 is 18.0 Å². The van der Waals surface area contributed by atoms with Crippen LogP contribution in [-0.2, 0) is 14.3 Å². The molecule has 3 aromatic rings. The van der Waals surface area contributed by atoms with Crippen molar-refractivity contribution in [3.05, 3.63) is 90.1 Å². The van der Waals surface area contributed by atoms with E-state index in [0.717, 1.165) is 11.1 Å². The molecule has 0 radical (unpaired) electrons. The van der Waals surface area contributed by atoms with Gasteiger partial charge in [0, 0.05) is 6.92 Å². The summed E-state index contributed by atoms with van der Waals surface area (Å²) in [6.07, 6.45) is 1.74. The summed E-state index contributed by atoms with van der Waals surface area (Å²) in [4.78, 5) is 43.2. The molecule has 0 fully saturated rings. The Balaban J connectivity index is 1.88. The molecule has 0 N–H and O–H groups in total. The van der Waals surface area contributed by atoms with Crippen molar-refractivity contribution in [3.63, 3.8) is 0 Å². The fourth-order valence-electron chi connectivity index (χ4n) is 4.13. The second-order valence-electron chi connectivity index (χ2n) is 8.45. The van der Waals surface area contributed by atoms with Crippen molar-refractivity contribution in [2.45, 2.75) is 40.7 Å². The predicted molar refractivity (Wildman–Crippen MR) is 140 cm³/mol. The maximum Gasteiger partial charge on any atom is 0.338 e. The average Bonchev–Trinajstić information content (AvgIpc) is 3.14. The lowest BCUT2D eigenvalue weighted by atomic mass is 9.95. The second kappa shape index (κ2) is 11.0. The number of aromatic nitrogens is 1. The van der Waals surface area contributed by atoms with Gasteiger partial charge in [-0.05, 0) is 57.0 Å². The van der Waals surface area contributed by atoms with Gasteiger partial charge in [0.15, 0.2) is 16.3 Å². The monoisotopic (exact) mass is 520 g/mol. The molecule has 192 valence electrons. The zero-order valence-electron chi connectivity index (χ0n) is 21.4. The molecule has 1 unspecified atom stereocenters. The van der Waals surface area contributed by atoms with E-state index in [-0.39, 0.29) is 12.2 Å². The lowest BCUT2D eigenvalue weighted by Gasteiger charge is -2.24. The quantitative estimate of drug-likeness (QED) is 0.350. The number of thiazole rings is 1. The third-order valence-electron chi connectivity index (χ3n) is 5.73. The first-order valence-electron chi connectivity index (χ1n) is 11.9. The molecule has 1 aliphatic heterocycles. The molecule has 4 rings (SSSR count). The maximum absolute atomic E-state index is 13.7. The molecule has 0 bridgehead atoms. The van der Waals surface area contributed by atoms with Crippen LogP contribution in [-0.4, -0.2) is 29.7 Å². The first-order valence-corrected chi connectivity index (χ1v) is 12.8. The summed E-state index contributed by atoms with van der Waals surface area (Å²) in [5.41, 5.74) is 3.13. The molecule has 0 amide bonds. The summed E-state index contributed by atoms with van der Waals surface area (Å²) in [7, 11) is 0. The number of allylic oxidation sites excluding steroid dienone is 1. The van der Waals surface area contributed by atoms with Gasteiger partial charge < -0.3 is 14.2 Å². The predicted octanol–water partition coefficient (Wildman–Crippen LogP) is 3.43. The SMILES string of the molecule is CCOC(=O)C1=C(C)N=c2s/c(=C\c3ccc(OC(C)=O)c(OCC)c3)c(=O)n2C1c1ccc(C)cc1. The van der Waals surface area contributed by atoms with E-state index in [0.29, 0.717) is 44.3 Å². The Kier molecular flexibility index (Phi) is 7.73. The van der Waals surface area contributed by atoms with Crippen LogP contribution in [0.25, 0.3) is 6.08 Å². The number of benzene rings is 2. The summed E-state index contributed by atoms with van der Waals surface area (Å²) in [6.45, 7) is 9.22. The molecule has 2 aromatic carbocycles. The van der Waals surface area contributed by atoms with E-state index in [9.17, 15) is 14.4 Å². The smallest absolute Gasteiger partial charge is 0.338 e. The molecule has 8 nitrogen and oxygen atoms in total. The summed E-state index contributed by atoms with van der Waals surface area (Å²) >= 11 is 1.24. The van der Waals surface area contributed by atoms with Crippen molar-refractivity contribution in [2.24, 2.45) is 4.99 Å². The summed E-state index contributed by atoms with van der Waals surface area (Å²) in [6, 6.07) is 12.1. The Morgan fingerprint density at radius 2 is 1.78 bits per heavy atom. The number of fused-ring (bicyclic) bond motifs is 1. The number of rotatable bonds is 7. The Morgan fingerprint density at radius 1 is 1.05 bits per heavy atom. The number of nitrogens with zero attached hydrogens (tertiary/aromatic N) is 2. The molecule has 0 saturated carbocycles. The zero-order chi connectivity index (χ0) is 26.7. The van der Waals surface area contributed by atoms with Crippen LogP contribution in [0.4, 0.5) is 0 Å². The average molecular weight is 521 g/mol. The minimum atomic E-state index is -0.664. The van der Waals surface area contributed by atoms with E-state index in [1.54, 1.807) is 42.7 Å². The Morgan fingerprint density at radius 3 is 2.43 bits per heavy atom. The standard InChI is InChI=1S/C28H28N2O6S/c1-6-34-22-14-19(10-13-21(22)36-18(5)31)15-23-26(32)30-25(20-11-8-16(3)9-12-20)24(27(33)35-7-2)17(4)29-28(30)37-23/h8-15,25H,6-7H2,1-5H3/b23-15-. The van der Waals surface area contributed by atoms with Crippen LogP contribution in [0.3, 0.4) is 0 Å². The molecule has 0 aliphatic carbocycles.